The summed E-state index contributed by atoms with van der Waals surface area (Å²) >= 11 is 1.36. The number of rotatable bonds is 7. The van der Waals surface area contributed by atoms with Gasteiger partial charge in [-0.2, -0.15) is 0 Å². The summed E-state index contributed by atoms with van der Waals surface area (Å²) in [5, 5.41) is 9.05. The number of anilines is 1. The summed E-state index contributed by atoms with van der Waals surface area (Å²) in [6.07, 6.45) is 1.97. The van der Waals surface area contributed by atoms with Crippen LogP contribution in [-0.2, 0) is 24.4 Å². The van der Waals surface area contributed by atoms with E-state index in [9.17, 15) is 9.18 Å². The Balaban J connectivity index is 1.41. The molecule has 2 aromatic carbocycles. The zero-order valence-corrected chi connectivity index (χ0v) is 17.6. The van der Waals surface area contributed by atoms with Crippen LogP contribution in [0.4, 0.5) is 10.1 Å². The Morgan fingerprint density at radius 1 is 1.17 bits per heavy atom. The van der Waals surface area contributed by atoms with Gasteiger partial charge in [0.05, 0.1) is 5.75 Å². The highest BCUT2D eigenvalue weighted by Gasteiger charge is 2.23. The molecule has 6 nitrogen and oxygen atoms in total. The number of hydrogen-bond acceptors (Lipinski definition) is 5. The molecule has 0 bridgehead atoms. The molecule has 1 aliphatic heterocycles. The van der Waals surface area contributed by atoms with E-state index in [4.69, 9.17) is 4.74 Å². The lowest BCUT2D eigenvalue weighted by atomic mass is 10.0. The van der Waals surface area contributed by atoms with Crippen molar-refractivity contribution in [3.8, 4) is 5.75 Å². The Morgan fingerprint density at radius 2 is 1.97 bits per heavy atom. The minimum absolute atomic E-state index is 0.0574. The van der Waals surface area contributed by atoms with Crippen LogP contribution < -0.4 is 9.64 Å². The number of ether oxygens (including phenoxy) is 1. The normalized spacial score (nSPS) is 13.2. The summed E-state index contributed by atoms with van der Waals surface area (Å²) in [6, 6.07) is 14.3. The summed E-state index contributed by atoms with van der Waals surface area (Å²) in [7, 11) is 0. The summed E-state index contributed by atoms with van der Waals surface area (Å²) in [4.78, 5) is 14.7. The van der Waals surface area contributed by atoms with E-state index in [2.05, 4.69) is 16.3 Å². The standard InChI is InChI=1S/C22H23FN4O2S/c1-2-26-20(14-29-19-12-6-4-10-17(19)23)24-25-22(26)30-15-21(28)27-13-7-9-16-8-3-5-11-18(16)27/h3-6,8,10-12H,2,7,9,13-15H2,1H3. The second-order valence-corrected chi connectivity index (χ2v) is 7.87. The number of carbonyl (C=O) groups excluding carboxylic acids is 1. The number of fused-ring (bicyclic) bond motifs is 1. The SMILES string of the molecule is CCn1c(COc2ccccc2F)nnc1SCC(=O)N1CCCc2ccccc21. The average Bonchev–Trinajstić information content (AvgIpc) is 3.18. The van der Waals surface area contributed by atoms with E-state index in [-0.39, 0.29) is 24.0 Å². The van der Waals surface area contributed by atoms with Gasteiger partial charge in [-0.15, -0.1) is 10.2 Å². The number of nitrogens with zero attached hydrogens (tertiary/aromatic N) is 4. The maximum atomic E-state index is 13.8. The molecule has 0 N–H and O–H groups in total. The Bertz CT molecular complexity index is 1040. The van der Waals surface area contributed by atoms with Gasteiger partial charge < -0.3 is 14.2 Å². The van der Waals surface area contributed by atoms with Crippen molar-refractivity contribution in [1.82, 2.24) is 14.8 Å². The summed E-state index contributed by atoms with van der Waals surface area (Å²) in [5.74, 6) is 0.694. The first-order chi connectivity index (χ1) is 14.7. The third-order valence-electron chi connectivity index (χ3n) is 5.04. The average molecular weight is 427 g/mol. The maximum Gasteiger partial charge on any atom is 0.237 e. The predicted octanol–water partition coefficient (Wildman–Crippen LogP) is 4.09. The number of halogens is 1. The molecule has 156 valence electrons. The number of benzene rings is 2. The number of carbonyl (C=O) groups is 1. The molecule has 4 rings (SSSR count). The molecule has 8 heteroatoms. The van der Waals surface area contributed by atoms with Gasteiger partial charge in [0, 0.05) is 18.8 Å². The number of amides is 1. The van der Waals surface area contributed by atoms with E-state index in [1.165, 1.54) is 23.4 Å². The van der Waals surface area contributed by atoms with E-state index in [1.54, 1.807) is 18.2 Å². The van der Waals surface area contributed by atoms with Gasteiger partial charge in [-0.25, -0.2) is 4.39 Å². The van der Waals surface area contributed by atoms with E-state index in [0.717, 1.165) is 25.1 Å². The van der Waals surface area contributed by atoms with Crippen LogP contribution in [0.2, 0.25) is 0 Å². The molecule has 0 fully saturated rings. The number of hydrogen-bond donors (Lipinski definition) is 0. The molecule has 0 atom stereocenters. The van der Waals surface area contributed by atoms with Crippen molar-refractivity contribution in [2.75, 3.05) is 17.2 Å². The highest BCUT2D eigenvalue weighted by atomic mass is 32.2. The third kappa shape index (κ3) is 4.33. The Kier molecular flexibility index (Phi) is 6.32. The Morgan fingerprint density at radius 3 is 2.80 bits per heavy atom. The van der Waals surface area contributed by atoms with E-state index in [0.29, 0.717) is 17.5 Å². The molecule has 1 aromatic heterocycles. The Labute approximate surface area is 179 Å². The summed E-state index contributed by atoms with van der Waals surface area (Å²) in [6.45, 7) is 3.45. The molecule has 1 aliphatic rings. The number of thioether (sulfide) groups is 1. The molecule has 0 radical (unpaired) electrons. The molecular weight excluding hydrogens is 403 g/mol. The topological polar surface area (TPSA) is 60.2 Å². The molecular formula is C22H23FN4O2S. The number of para-hydroxylation sites is 2. The van der Waals surface area contributed by atoms with Crippen LogP contribution in [0, 0.1) is 5.82 Å². The molecule has 0 unspecified atom stereocenters. The van der Waals surface area contributed by atoms with Crippen molar-refractivity contribution in [3.63, 3.8) is 0 Å². The van der Waals surface area contributed by atoms with Gasteiger partial charge in [0.25, 0.3) is 0 Å². The highest BCUT2D eigenvalue weighted by molar-refractivity contribution is 7.99. The fourth-order valence-electron chi connectivity index (χ4n) is 3.55. The van der Waals surface area contributed by atoms with Crippen LogP contribution in [0.5, 0.6) is 5.75 Å². The largest absolute Gasteiger partial charge is 0.483 e. The molecule has 1 amide bonds. The van der Waals surface area contributed by atoms with Crippen molar-refractivity contribution in [2.45, 2.75) is 38.1 Å². The number of aryl methyl sites for hydroxylation is 1. The molecule has 0 saturated carbocycles. The predicted molar refractivity (Wildman–Crippen MR) is 114 cm³/mol. The first kappa shape index (κ1) is 20.4. The van der Waals surface area contributed by atoms with Gasteiger partial charge in [-0.1, -0.05) is 42.1 Å². The van der Waals surface area contributed by atoms with Crippen LogP contribution in [0.1, 0.15) is 24.7 Å². The molecule has 0 aliphatic carbocycles. The first-order valence-corrected chi connectivity index (χ1v) is 11.0. The van der Waals surface area contributed by atoms with Crippen molar-refractivity contribution in [3.05, 3.63) is 65.7 Å². The lowest BCUT2D eigenvalue weighted by Crippen LogP contribution is -2.36. The molecule has 0 saturated heterocycles. The minimum Gasteiger partial charge on any atom is -0.483 e. The van der Waals surface area contributed by atoms with Gasteiger partial charge >= 0.3 is 0 Å². The molecule has 0 spiro atoms. The van der Waals surface area contributed by atoms with Crippen molar-refractivity contribution < 1.29 is 13.9 Å². The third-order valence-corrected chi connectivity index (χ3v) is 5.99. The smallest absolute Gasteiger partial charge is 0.237 e. The summed E-state index contributed by atoms with van der Waals surface area (Å²) in [5.41, 5.74) is 2.22. The van der Waals surface area contributed by atoms with Crippen molar-refractivity contribution in [2.24, 2.45) is 0 Å². The van der Waals surface area contributed by atoms with Crippen LogP contribution in [0.25, 0.3) is 0 Å². The fraction of sp³-hybridized carbons (Fsp3) is 0.318. The van der Waals surface area contributed by atoms with Gasteiger partial charge in [0.15, 0.2) is 22.5 Å². The summed E-state index contributed by atoms with van der Waals surface area (Å²) < 4.78 is 21.2. The van der Waals surface area contributed by atoms with Crippen LogP contribution in [0.3, 0.4) is 0 Å². The van der Waals surface area contributed by atoms with Crippen molar-refractivity contribution >= 4 is 23.4 Å². The van der Waals surface area contributed by atoms with E-state index >= 15 is 0 Å². The van der Waals surface area contributed by atoms with Gasteiger partial charge in [-0.05, 0) is 43.5 Å². The lowest BCUT2D eigenvalue weighted by molar-refractivity contribution is -0.116. The van der Waals surface area contributed by atoms with Crippen LogP contribution >= 0.6 is 11.8 Å². The van der Waals surface area contributed by atoms with Crippen LogP contribution in [0.15, 0.2) is 53.7 Å². The fourth-order valence-corrected chi connectivity index (χ4v) is 4.45. The van der Waals surface area contributed by atoms with Gasteiger partial charge in [0.1, 0.15) is 6.61 Å². The molecule has 2 heterocycles. The zero-order valence-electron chi connectivity index (χ0n) is 16.8. The Hall–Kier alpha value is -2.87. The second kappa shape index (κ2) is 9.30. The van der Waals surface area contributed by atoms with E-state index in [1.807, 2.05) is 34.6 Å². The van der Waals surface area contributed by atoms with Gasteiger partial charge in [0.2, 0.25) is 5.91 Å². The monoisotopic (exact) mass is 426 g/mol. The highest BCUT2D eigenvalue weighted by Crippen LogP contribution is 2.28. The van der Waals surface area contributed by atoms with Crippen molar-refractivity contribution in [1.29, 1.82) is 0 Å². The molecule has 3 aromatic rings. The quantitative estimate of drug-likeness (QED) is 0.533. The first-order valence-electron chi connectivity index (χ1n) is 9.98. The maximum absolute atomic E-state index is 13.8. The molecule has 30 heavy (non-hydrogen) atoms. The van der Waals surface area contributed by atoms with Crippen LogP contribution in [-0.4, -0.2) is 33.0 Å². The number of aromatic nitrogens is 3. The van der Waals surface area contributed by atoms with E-state index < -0.39 is 5.82 Å². The zero-order chi connectivity index (χ0) is 20.9. The second-order valence-electron chi connectivity index (χ2n) is 6.93. The van der Waals surface area contributed by atoms with Gasteiger partial charge in [-0.3, -0.25) is 4.79 Å². The lowest BCUT2D eigenvalue weighted by Gasteiger charge is -2.29. The minimum atomic E-state index is -0.415.